The summed E-state index contributed by atoms with van der Waals surface area (Å²) in [5, 5.41) is 0. The first-order valence-electron chi connectivity index (χ1n) is 3.77. The van der Waals surface area contributed by atoms with Gasteiger partial charge >= 0.3 is 0 Å². The Morgan fingerprint density at radius 2 is 2.36 bits per heavy atom. The molecule has 0 spiro atoms. The molecule has 1 saturated carbocycles. The van der Waals surface area contributed by atoms with Gasteiger partial charge in [-0.2, -0.15) is 0 Å². The first-order valence-corrected chi connectivity index (χ1v) is 3.77. The quantitative estimate of drug-likeness (QED) is 0.707. The van der Waals surface area contributed by atoms with E-state index in [4.69, 9.17) is 10.2 Å². The predicted octanol–water partition coefficient (Wildman–Crippen LogP) is 1.83. The summed E-state index contributed by atoms with van der Waals surface area (Å²) in [6, 6.07) is 1.07. The Hall–Kier alpha value is -0.830. The summed E-state index contributed by atoms with van der Waals surface area (Å²) in [5.41, 5.74) is 5.71. The lowest BCUT2D eigenvalue weighted by molar-refractivity contribution is 0.413. The first kappa shape index (κ1) is 6.85. The van der Waals surface area contributed by atoms with Crippen LogP contribution in [0.2, 0.25) is 0 Å². The third-order valence-corrected chi connectivity index (χ3v) is 2.08. The molecule has 1 aromatic rings. The maximum atomic E-state index is 12.8. The van der Waals surface area contributed by atoms with Gasteiger partial charge in [0.2, 0.25) is 0 Å². The molecule has 1 atom stereocenters. The molecule has 1 fully saturated rings. The van der Waals surface area contributed by atoms with E-state index >= 15 is 0 Å². The fraction of sp³-hybridized carbons (Fsp3) is 0.500. The zero-order valence-corrected chi connectivity index (χ0v) is 6.09. The van der Waals surface area contributed by atoms with Crippen molar-refractivity contribution in [2.45, 2.75) is 18.9 Å². The summed E-state index contributed by atoms with van der Waals surface area (Å²) >= 11 is 0. The van der Waals surface area contributed by atoms with Crippen LogP contribution in [0.4, 0.5) is 4.39 Å². The van der Waals surface area contributed by atoms with E-state index in [1.54, 1.807) is 0 Å². The van der Waals surface area contributed by atoms with Crippen LogP contribution in [0, 0.1) is 11.7 Å². The fourth-order valence-corrected chi connectivity index (χ4v) is 1.21. The van der Waals surface area contributed by atoms with Gasteiger partial charge in [-0.3, -0.25) is 0 Å². The summed E-state index contributed by atoms with van der Waals surface area (Å²) in [6.45, 7) is 0. The molecule has 0 bridgehead atoms. The topological polar surface area (TPSA) is 39.2 Å². The highest BCUT2D eigenvalue weighted by atomic mass is 19.1. The third-order valence-electron chi connectivity index (χ3n) is 2.08. The Morgan fingerprint density at radius 3 is 2.82 bits per heavy atom. The molecule has 0 saturated heterocycles. The number of hydrogen-bond acceptors (Lipinski definition) is 2. The lowest BCUT2D eigenvalue weighted by Gasteiger charge is -2.05. The van der Waals surface area contributed by atoms with E-state index in [2.05, 4.69) is 0 Å². The standard InChI is InChI=1S/C8H10FNO/c9-6-3-4-11-8(6)7(10)5-1-2-5/h3-5,7H,1-2,10H2. The molecule has 1 aliphatic carbocycles. The summed E-state index contributed by atoms with van der Waals surface area (Å²) < 4.78 is 17.7. The molecule has 3 heteroatoms. The third kappa shape index (κ3) is 1.16. The molecule has 1 aromatic heterocycles. The minimum atomic E-state index is -0.315. The zero-order valence-electron chi connectivity index (χ0n) is 6.09. The van der Waals surface area contributed by atoms with E-state index in [1.165, 1.54) is 12.3 Å². The van der Waals surface area contributed by atoms with Gasteiger partial charge in [-0.05, 0) is 18.8 Å². The number of halogens is 1. The molecular weight excluding hydrogens is 145 g/mol. The van der Waals surface area contributed by atoms with Crippen LogP contribution in [0.1, 0.15) is 24.6 Å². The Kier molecular flexibility index (Phi) is 1.46. The summed E-state index contributed by atoms with van der Waals surface area (Å²) in [5.74, 6) is 0.438. The highest BCUT2D eigenvalue weighted by Crippen LogP contribution is 2.40. The summed E-state index contributed by atoms with van der Waals surface area (Å²) in [6.07, 6.45) is 3.54. The van der Waals surface area contributed by atoms with Crippen molar-refractivity contribution in [3.8, 4) is 0 Å². The summed E-state index contributed by atoms with van der Waals surface area (Å²) in [4.78, 5) is 0. The average Bonchev–Trinajstić information content (AvgIpc) is 2.74. The molecule has 0 aromatic carbocycles. The molecule has 11 heavy (non-hydrogen) atoms. The van der Waals surface area contributed by atoms with Crippen LogP contribution in [-0.2, 0) is 0 Å². The molecule has 2 nitrogen and oxygen atoms in total. The van der Waals surface area contributed by atoms with Crippen molar-refractivity contribution in [2.75, 3.05) is 0 Å². The molecule has 1 heterocycles. The minimum absolute atomic E-state index is 0.231. The van der Waals surface area contributed by atoms with Crippen molar-refractivity contribution in [3.63, 3.8) is 0 Å². The van der Waals surface area contributed by atoms with Crippen molar-refractivity contribution in [3.05, 3.63) is 23.9 Å². The molecule has 60 valence electrons. The van der Waals surface area contributed by atoms with E-state index < -0.39 is 0 Å². The fourth-order valence-electron chi connectivity index (χ4n) is 1.21. The predicted molar refractivity (Wildman–Crippen MR) is 38.3 cm³/mol. The van der Waals surface area contributed by atoms with Gasteiger partial charge in [0, 0.05) is 6.07 Å². The lowest BCUT2D eigenvalue weighted by atomic mass is 10.1. The van der Waals surface area contributed by atoms with Crippen LogP contribution in [0.3, 0.4) is 0 Å². The monoisotopic (exact) mass is 155 g/mol. The van der Waals surface area contributed by atoms with Gasteiger partial charge in [0.25, 0.3) is 0 Å². The molecule has 0 radical (unpaired) electrons. The normalized spacial score (nSPS) is 20.2. The van der Waals surface area contributed by atoms with Crippen LogP contribution in [0.15, 0.2) is 16.7 Å². The van der Waals surface area contributed by atoms with Gasteiger partial charge in [0.15, 0.2) is 11.6 Å². The van der Waals surface area contributed by atoms with Gasteiger partial charge in [-0.1, -0.05) is 0 Å². The molecular formula is C8H10FNO. The SMILES string of the molecule is NC(c1occc1F)C1CC1. The maximum absolute atomic E-state index is 12.8. The van der Waals surface area contributed by atoms with Gasteiger partial charge in [-0.15, -0.1) is 0 Å². The van der Waals surface area contributed by atoms with Crippen LogP contribution < -0.4 is 5.73 Å². The van der Waals surface area contributed by atoms with Gasteiger partial charge in [0.05, 0.1) is 12.3 Å². The van der Waals surface area contributed by atoms with Crippen molar-refractivity contribution in [1.29, 1.82) is 0 Å². The number of hydrogen-bond donors (Lipinski definition) is 1. The second-order valence-electron chi connectivity index (χ2n) is 3.00. The average molecular weight is 155 g/mol. The van der Waals surface area contributed by atoms with E-state index in [0.717, 1.165) is 12.8 Å². The minimum Gasteiger partial charge on any atom is -0.465 e. The first-order chi connectivity index (χ1) is 5.29. The van der Waals surface area contributed by atoms with Crippen molar-refractivity contribution in [2.24, 2.45) is 11.7 Å². The van der Waals surface area contributed by atoms with Crippen LogP contribution >= 0.6 is 0 Å². The second-order valence-corrected chi connectivity index (χ2v) is 3.00. The van der Waals surface area contributed by atoms with E-state index in [1.807, 2.05) is 0 Å². The van der Waals surface area contributed by atoms with E-state index in [9.17, 15) is 4.39 Å². The van der Waals surface area contributed by atoms with E-state index in [-0.39, 0.29) is 11.9 Å². The Bertz CT molecular complexity index is 254. The Morgan fingerprint density at radius 1 is 1.64 bits per heavy atom. The van der Waals surface area contributed by atoms with E-state index in [0.29, 0.717) is 11.7 Å². The maximum Gasteiger partial charge on any atom is 0.166 e. The van der Waals surface area contributed by atoms with Crippen molar-refractivity contribution >= 4 is 0 Å². The van der Waals surface area contributed by atoms with Crippen LogP contribution in [0.5, 0.6) is 0 Å². The van der Waals surface area contributed by atoms with Crippen LogP contribution in [0.25, 0.3) is 0 Å². The number of nitrogens with two attached hydrogens (primary N) is 1. The van der Waals surface area contributed by atoms with Crippen molar-refractivity contribution < 1.29 is 8.81 Å². The van der Waals surface area contributed by atoms with Crippen LogP contribution in [-0.4, -0.2) is 0 Å². The lowest BCUT2D eigenvalue weighted by Crippen LogP contribution is -2.12. The Balaban J connectivity index is 2.20. The highest BCUT2D eigenvalue weighted by Gasteiger charge is 2.32. The molecule has 2 rings (SSSR count). The molecule has 1 aliphatic rings. The van der Waals surface area contributed by atoms with Gasteiger partial charge < -0.3 is 10.2 Å². The smallest absolute Gasteiger partial charge is 0.166 e. The number of rotatable bonds is 2. The van der Waals surface area contributed by atoms with Gasteiger partial charge in [-0.25, -0.2) is 4.39 Å². The second kappa shape index (κ2) is 2.34. The summed E-state index contributed by atoms with van der Waals surface area (Å²) in [7, 11) is 0. The molecule has 1 unspecified atom stereocenters. The highest BCUT2D eigenvalue weighted by molar-refractivity contribution is 5.10. The molecule has 0 amide bonds. The van der Waals surface area contributed by atoms with Crippen molar-refractivity contribution in [1.82, 2.24) is 0 Å². The molecule has 2 N–H and O–H groups in total. The Labute approximate surface area is 64.2 Å². The largest absolute Gasteiger partial charge is 0.465 e. The molecule has 0 aliphatic heterocycles. The zero-order chi connectivity index (χ0) is 7.84. The van der Waals surface area contributed by atoms with Gasteiger partial charge in [0.1, 0.15) is 0 Å². The number of furan rings is 1.